The predicted octanol–water partition coefficient (Wildman–Crippen LogP) is 3.80. The van der Waals surface area contributed by atoms with E-state index < -0.39 is 5.82 Å². The molecule has 1 aliphatic rings. The minimum atomic E-state index is -0.493. The first-order valence-electron chi connectivity index (χ1n) is 8.76. The lowest BCUT2D eigenvalue weighted by Gasteiger charge is -2.34. The number of hydrogen-bond donors (Lipinski definition) is 0. The van der Waals surface area contributed by atoms with Crippen LogP contribution in [0.25, 0.3) is 0 Å². The maximum atomic E-state index is 13.2. The Bertz CT molecular complexity index is 899. The first-order valence-corrected chi connectivity index (χ1v) is 9.52. The van der Waals surface area contributed by atoms with Gasteiger partial charge in [-0.05, 0) is 48.9 Å². The van der Waals surface area contributed by atoms with Gasteiger partial charge in [0.2, 0.25) is 0 Å². The topological polar surface area (TPSA) is 49.9 Å². The van der Waals surface area contributed by atoms with Crippen molar-refractivity contribution < 1.29 is 18.7 Å². The molecule has 0 atom stereocenters. The average molecular weight is 425 g/mol. The molecular weight excluding hydrogens is 406 g/mol. The number of benzene rings is 2. The van der Waals surface area contributed by atoms with Gasteiger partial charge in [-0.2, -0.15) is 0 Å². The molecule has 0 spiro atoms. The van der Waals surface area contributed by atoms with Gasteiger partial charge in [-0.25, -0.2) is 4.39 Å². The number of amides is 2. The van der Waals surface area contributed by atoms with Gasteiger partial charge in [0.25, 0.3) is 11.8 Å². The van der Waals surface area contributed by atoms with Gasteiger partial charge in [0.15, 0.2) is 6.61 Å². The molecule has 2 aromatic rings. The molecule has 0 saturated carbocycles. The number of aryl methyl sites for hydroxylation is 1. The highest BCUT2D eigenvalue weighted by molar-refractivity contribution is 6.33. The molecule has 3 rings (SSSR count). The number of carbonyl (C=O) groups is 2. The molecule has 1 saturated heterocycles. The van der Waals surface area contributed by atoms with E-state index in [2.05, 4.69) is 0 Å². The molecule has 1 aliphatic heterocycles. The summed E-state index contributed by atoms with van der Waals surface area (Å²) in [6.07, 6.45) is 0. The summed E-state index contributed by atoms with van der Waals surface area (Å²) in [5, 5.41) is 0.718. The first-order chi connectivity index (χ1) is 13.3. The van der Waals surface area contributed by atoms with E-state index in [9.17, 15) is 14.0 Å². The number of rotatable bonds is 4. The van der Waals surface area contributed by atoms with Crippen LogP contribution in [0.15, 0.2) is 36.4 Å². The molecule has 0 unspecified atom stereocenters. The molecular formula is C20H19Cl2FN2O3. The third-order valence-electron chi connectivity index (χ3n) is 4.57. The lowest BCUT2D eigenvalue weighted by Crippen LogP contribution is -2.51. The summed E-state index contributed by atoms with van der Waals surface area (Å²) in [7, 11) is 0. The standard InChI is InChI=1S/C20H19Cl2FN2O3/c1-13-10-15(3-5-17(13)21)28-12-19(26)24-6-8-25(9-7-24)20(27)16-4-2-14(23)11-18(16)22/h2-5,10-11H,6-9,12H2,1H3. The summed E-state index contributed by atoms with van der Waals surface area (Å²) in [4.78, 5) is 28.2. The van der Waals surface area contributed by atoms with Crippen LogP contribution >= 0.6 is 23.2 Å². The van der Waals surface area contributed by atoms with E-state index in [1.165, 1.54) is 12.1 Å². The van der Waals surface area contributed by atoms with Crippen molar-refractivity contribution in [2.45, 2.75) is 6.92 Å². The normalized spacial score (nSPS) is 14.1. The molecule has 5 nitrogen and oxygen atoms in total. The van der Waals surface area contributed by atoms with Crippen molar-refractivity contribution in [1.29, 1.82) is 0 Å². The highest BCUT2D eigenvalue weighted by Crippen LogP contribution is 2.22. The van der Waals surface area contributed by atoms with Crippen molar-refractivity contribution in [2.24, 2.45) is 0 Å². The second kappa shape index (κ2) is 8.80. The van der Waals surface area contributed by atoms with Crippen LogP contribution < -0.4 is 4.74 Å². The average Bonchev–Trinajstić information content (AvgIpc) is 2.68. The van der Waals surface area contributed by atoms with Crippen molar-refractivity contribution >= 4 is 35.0 Å². The van der Waals surface area contributed by atoms with Crippen molar-refractivity contribution in [3.8, 4) is 5.75 Å². The Labute approximate surface area is 172 Å². The molecule has 0 aromatic heterocycles. The number of hydrogen-bond acceptors (Lipinski definition) is 3. The predicted molar refractivity (Wildman–Crippen MR) is 106 cm³/mol. The Hall–Kier alpha value is -2.31. The maximum Gasteiger partial charge on any atom is 0.260 e. The third-order valence-corrected chi connectivity index (χ3v) is 5.31. The molecule has 0 radical (unpaired) electrons. The zero-order chi connectivity index (χ0) is 20.3. The Morgan fingerprint density at radius 2 is 1.68 bits per heavy atom. The SMILES string of the molecule is Cc1cc(OCC(=O)N2CCN(C(=O)c3ccc(F)cc3Cl)CC2)ccc1Cl. The number of carbonyl (C=O) groups excluding carboxylic acids is 2. The van der Waals surface area contributed by atoms with Crippen LogP contribution in [0.2, 0.25) is 10.0 Å². The van der Waals surface area contributed by atoms with Gasteiger partial charge < -0.3 is 14.5 Å². The molecule has 0 N–H and O–H groups in total. The Kier molecular flexibility index (Phi) is 6.42. The summed E-state index contributed by atoms with van der Waals surface area (Å²) in [5.74, 6) is -0.340. The minimum Gasteiger partial charge on any atom is -0.484 e. The highest BCUT2D eigenvalue weighted by atomic mass is 35.5. The molecule has 1 fully saturated rings. The lowest BCUT2D eigenvalue weighted by molar-refractivity contribution is -0.134. The van der Waals surface area contributed by atoms with Gasteiger partial charge in [0.1, 0.15) is 11.6 Å². The molecule has 0 aliphatic carbocycles. The molecule has 2 aromatic carbocycles. The van der Waals surface area contributed by atoms with Crippen molar-refractivity contribution in [2.75, 3.05) is 32.8 Å². The first kappa shape index (κ1) is 20.4. The van der Waals surface area contributed by atoms with E-state index in [4.69, 9.17) is 27.9 Å². The van der Waals surface area contributed by atoms with Crippen molar-refractivity contribution in [1.82, 2.24) is 9.80 Å². The highest BCUT2D eigenvalue weighted by Gasteiger charge is 2.26. The van der Waals surface area contributed by atoms with Crippen LogP contribution in [-0.2, 0) is 4.79 Å². The third kappa shape index (κ3) is 4.75. The molecule has 8 heteroatoms. The Balaban J connectivity index is 1.52. The molecule has 0 bridgehead atoms. The molecule has 1 heterocycles. The van der Waals surface area contributed by atoms with E-state index in [1.54, 1.807) is 28.0 Å². The van der Waals surface area contributed by atoms with Crippen LogP contribution in [0.5, 0.6) is 5.75 Å². The number of nitrogens with zero attached hydrogens (tertiary/aromatic N) is 2. The zero-order valence-corrected chi connectivity index (χ0v) is 16.8. The summed E-state index contributed by atoms with van der Waals surface area (Å²) < 4.78 is 18.7. The second-order valence-electron chi connectivity index (χ2n) is 6.50. The summed E-state index contributed by atoms with van der Waals surface area (Å²) in [6.45, 7) is 3.31. The van der Waals surface area contributed by atoms with E-state index >= 15 is 0 Å². The second-order valence-corrected chi connectivity index (χ2v) is 7.31. The minimum absolute atomic E-state index is 0.0789. The zero-order valence-electron chi connectivity index (χ0n) is 15.3. The van der Waals surface area contributed by atoms with E-state index in [0.717, 1.165) is 11.6 Å². The number of ether oxygens (including phenoxy) is 1. The van der Waals surface area contributed by atoms with Crippen LogP contribution in [0.1, 0.15) is 15.9 Å². The maximum absolute atomic E-state index is 13.2. The monoisotopic (exact) mass is 424 g/mol. The molecule has 28 heavy (non-hydrogen) atoms. The molecule has 148 valence electrons. The molecule has 2 amide bonds. The van der Waals surface area contributed by atoms with Crippen LogP contribution in [0.4, 0.5) is 4.39 Å². The summed E-state index contributed by atoms with van der Waals surface area (Å²) in [6, 6.07) is 8.91. The fourth-order valence-electron chi connectivity index (χ4n) is 2.94. The summed E-state index contributed by atoms with van der Waals surface area (Å²) in [5.41, 5.74) is 1.13. The van der Waals surface area contributed by atoms with Crippen LogP contribution in [0.3, 0.4) is 0 Å². The van der Waals surface area contributed by atoms with Crippen molar-refractivity contribution in [3.63, 3.8) is 0 Å². The van der Waals surface area contributed by atoms with Crippen LogP contribution in [0, 0.1) is 12.7 Å². The van der Waals surface area contributed by atoms with Crippen molar-refractivity contribution in [3.05, 3.63) is 63.4 Å². The number of halogens is 3. The fourth-order valence-corrected chi connectivity index (χ4v) is 3.30. The van der Waals surface area contributed by atoms with Crippen LogP contribution in [-0.4, -0.2) is 54.4 Å². The Morgan fingerprint density at radius 1 is 1.00 bits per heavy atom. The quantitative estimate of drug-likeness (QED) is 0.749. The van der Waals surface area contributed by atoms with Gasteiger partial charge in [0.05, 0.1) is 10.6 Å². The van der Waals surface area contributed by atoms with Gasteiger partial charge in [0, 0.05) is 31.2 Å². The van der Waals surface area contributed by atoms with Gasteiger partial charge in [-0.3, -0.25) is 9.59 Å². The van der Waals surface area contributed by atoms with E-state index in [1.807, 2.05) is 6.92 Å². The van der Waals surface area contributed by atoms with Gasteiger partial charge in [-0.15, -0.1) is 0 Å². The fraction of sp³-hybridized carbons (Fsp3) is 0.300. The van der Waals surface area contributed by atoms with Gasteiger partial charge in [-0.1, -0.05) is 23.2 Å². The van der Waals surface area contributed by atoms with Gasteiger partial charge >= 0.3 is 0 Å². The summed E-state index contributed by atoms with van der Waals surface area (Å²) >= 11 is 11.9. The largest absolute Gasteiger partial charge is 0.484 e. The smallest absolute Gasteiger partial charge is 0.260 e. The van der Waals surface area contributed by atoms with E-state index in [0.29, 0.717) is 37.0 Å². The van der Waals surface area contributed by atoms with E-state index in [-0.39, 0.29) is 29.0 Å². The lowest BCUT2D eigenvalue weighted by atomic mass is 10.1. The Morgan fingerprint density at radius 3 is 2.32 bits per heavy atom. The number of piperazine rings is 1.